The molecule has 0 amide bonds. The van der Waals surface area contributed by atoms with Crippen LogP contribution in [0.3, 0.4) is 0 Å². The summed E-state index contributed by atoms with van der Waals surface area (Å²) in [6.45, 7) is 20.8. The first-order valence-electron chi connectivity index (χ1n) is 12.4. The first-order chi connectivity index (χ1) is 15.1. The zero-order chi connectivity index (χ0) is 23.2. The Morgan fingerprint density at radius 3 is 2.22 bits per heavy atom. The van der Waals surface area contributed by atoms with Gasteiger partial charge in [-0.1, -0.05) is 115 Å². The Hall–Kier alpha value is -2.34. The zero-order valence-corrected chi connectivity index (χ0v) is 21.1. The maximum atomic E-state index is 4.36. The summed E-state index contributed by atoms with van der Waals surface area (Å²) in [6, 6.07) is 16.4. The third-order valence-corrected chi connectivity index (χ3v) is 7.83. The number of hydrogen-bond acceptors (Lipinski definition) is 0. The zero-order valence-electron chi connectivity index (χ0n) is 21.1. The molecule has 1 aliphatic carbocycles. The molecule has 0 saturated heterocycles. The molecule has 0 N–H and O–H groups in total. The first-order valence-corrected chi connectivity index (χ1v) is 12.4. The summed E-state index contributed by atoms with van der Waals surface area (Å²) in [5, 5.41) is 5.76. The summed E-state index contributed by atoms with van der Waals surface area (Å²) in [5.41, 5.74) is 5.94. The monoisotopic (exact) mass is 424 g/mol. The van der Waals surface area contributed by atoms with Crippen molar-refractivity contribution in [3.05, 3.63) is 83.5 Å². The fourth-order valence-corrected chi connectivity index (χ4v) is 5.84. The van der Waals surface area contributed by atoms with Gasteiger partial charge in [-0.15, -0.1) is 0 Å². The molecule has 4 rings (SSSR count). The molecule has 0 aromatic heterocycles. The molecule has 0 radical (unpaired) electrons. The molecule has 3 aromatic carbocycles. The van der Waals surface area contributed by atoms with Gasteiger partial charge in [0.05, 0.1) is 0 Å². The Labute approximate surface area is 195 Å². The SMILES string of the molecule is C=C(/C=C\C(C)C(c1cc2c3c(ccc4cccc(c43)CC2)c1)C(C)(C)C)C(C)C(C)C. The predicted octanol–water partition coefficient (Wildman–Crippen LogP) is 9.26. The Kier molecular flexibility index (Phi) is 6.10. The van der Waals surface area contributed by atoms with Crippen LogP contribution in [0.2, 0.25) is 0 Å². The van der Waals surface area contributed by atoms with Gasteiger partial charge in [-0.05, 0) is 80.2 Å². The minimum Gasteiger partial charge on any atom is -0.0956 e. The lowest BCUT2D eigenvalue weighted by Crippen LogP contribution is -2.24. The Balaban J connectivity index is 1.78. The van der Waals surface area contributed by atoms with Crippen molar-refractivity contribution in [3.8, 4) is 0 Å². The molecule has 0 aliphatic heterocycles. The fourth-order valence-electron chi connectivity index (χ4n) is 5.84. The second-order valence-corrected chi connectivity index (χ2v) is 11.5. The Bertz CT molecular complexity index is 1180. The van der Waals surface area contributed by atoms with Crippen molar-refractivity contribution in [2.45, 2.75) is 67.2 Å². The minimum atomic E-state index is 0.172. The lowest BCUT2D eigenvalue weighted by molar-refractivity contribution is 0.274. The van der Waals surface area contributed by atoms with Crippen LogP contribution in [0.1, 0.15) is 71.1 Å². The van der Waals surface area contributed by atoms with Crippen molar-refractivity contribution < 1.29 is 0 Å². The lowest BCUT2D eigenvalue weighted by atomic mass is 9.69. The average Bonchev–Trinajstić information content (AvgIpc) is 2.74. The fraction of sp³-hybridized carbons (Fsp3) is 0.438. The van der Waals surface area contributed by atoms with Crippen molar-refractivity contribution >= 4 is 21.5 Å². The normalized spacial score (nSPS) is 16.9. The molecule has 32 heavy (non-hydrogen) atoms. The van der Waals surface area contributed by atoms with Gasteiger partial charge in [-0.2, -0.15) is 0 Å². The van der Waals surface area contributed by atoms with Gasteiger partial charge in [0.2, 0.25) is 0 Å². The molecule has 3 unspecified atom stereocenters. The van der Waals surface area contributed by atoms with E-state index in [-0.39, 0.29) is 5.41 Å². The van der Waals surface area contributed by atoms with E-state index in [0.717, 1.165) is 12.8 Å². The Morgan fingerprint density at radius 1 is 0.875 bits per heavy atom. The molecule has 0 saturated carbocycles. The number of benzene rings is 3. The minimum absolute atomic E-state index is 0.172. The van der Waals surface area contributed by atoms with Crippen molar-refractivity contribution in [3.63, 3.8) is 0 Å². The first kappa shape index (κ1) is 22.8. The molecular formula is C32H40. The van der Waals surface area contributed by atoms with Gasteiger partial charge in [0.15, 0.2) is 0 Å². The topological polar surface area (TPSA) is 0 Å². The van der Waals surface area contributed by atoms with E-state index in [1.54, 1.807) is 0 Å². The maximum Gasteiger partial charge on any atom is -0.00525 e. The largest absolute Gasteiger partial charge is 0.0956 e. The Morgan fingerprint density at radius 2 is 1.53 bits per heavy atom. The second kappa shape index (κ2) is 8.54. The van der Waals surface area contributed by atoms with Crippen LogP contribution < -0.4 is 0 Å². The average molecular weight is 425 g/mol. The van der Waals surface area contributed by atoms with Crippen molar-refractivity contribution in [2.24, 2.45) is 23.2 Å². The summed E-state index contributed by atoms with van der Waals surface area (Å²) in [6.07, 6.45) is 6.99. The number of aryl methyl sites for hydroxylation is 2. The van der Waals surface area contributed by atoms with Gasteiger partial charge in [0.25, 0.3) is 0 Å². The van der Waals surface area contributed by atoms with Crippen molar-refractivity contribution in [1.29, 1.82) is 0 Å². The van der Waals surface area contributed by atoms with Gasteiger partial charge in [0.1, 0.15) is 0 Å². The van der Waals surface area contributed by atoms with Gasteiger partial charge in [-0.3, -0.25) is 0 Å². The van der Waals surface area contributed by atoms with Gasteiger partial charge in [0, 0.05) is 0 Å². The van der Waals surface area contributed by atoms with E-state index in [0.29, 0.717) is 23.7 Å². The molecule has 0 nitrogen and oxygen atoms in total. The van der Waals surface area contributed by atoms with Crippen LogP contribution >= 0.6 is 0 Å². The highest BCUT2D eigenvalue weighted by Crippen LogP contribution is 2.45. The van der Waals surface area contributed by atoms with Crippen LogP contribution in [0.5, 0.6) is 0 Å². The van der Waals surface area contributed by atoms with Gasteiger partial charge < -0.3 is 0 Å². The lowest BCUT2D eigenvalue weighted by Gasteiger charge is -2.36. The van der Waals surface area contributed by atoms with Crippen LogP contribution in [0.15, 0.2) is 66.8 Å². The summed E-state index contributed by atoms with van der Waals surface area (Å²) < 4.78 is 0. The number of allylic oxidation sites excluding steroid dienone is 3. The summed E-state index contributed by atoms with van der Waals surface area (Å²) in [5.74, 6) is 2.03. The third kappa shape index (κ3) is 4.17. The third-order valence-electron chi connectivity index (χ3n) is 7.83. The standard InChI is InChI=1S/C32H40/c1-20(2)23(5)21(3)12-13-22(4)31(32(6,7)8)28-18-26-16-14-24-10-9-11-25-15-17-27(19-28)30(26)29(24)25/h9-14,16,18-20,22-23,31H,3,15,17H2,1-2,4-8H3/b13-12-. The molecule has 0 spiro atoms. The molecule has 3 atom stereocenters. The van der Waals surface area contributed by atoms with E-state index in [1.807, 2.05) is 0 Å². The summed E-state index contributed by atoms with van der Waals surface area (Å²) in [7, 11) is 0. The van der Waals surface area contributed by atoms with Crippen LogP contribution in [-0.4, -0.2) is 0 Å². The molecule has 0 fully saturated rings. The van der Waals surface area contributed by atoms with E-state index in [9.17, 15) is 0 Å². The smallest absolute Gasteiger partial charge is 0.00525 e. The highest BCUT2D eigenvalue weighted by atomic mass is 14.4. The van der Waals surface area contributed by atoms with Crippen LogP contribution in [-0.2, 0) is 12.8 Å². The summed E-state index contributed by atoms with van der Waals surface area (Å²) in [4.78, 5) is 0. The van der Waals surface area contributed by atoms with Crippen LogP contribution in [0.25, 0.3) is 21.5 Å². The van der Waals surface area contributed by atoms with E-state index < -0.39 is 0 Å². The molecule has 0 heterocycles. The van der Waals surface area contributed by atoms with E-state index in [4.69, 9.17) is 0 Å². The van der Waals surface area contributed by atoms with Crippen LogP contribution in [0.4, 0.5) is 0 Å². The summed E-state index contributed by atoms with van der Waals surface area (Å²) >= 11 is 0. The highest BCUT2D eigenvalue weighted by Gasteiger charge is 2.31. The van der Waals surface area contributed by atoms with Crippen molar-refractivity contribution in [2.75, 3.05) is 0 Å². The predicted molar refractivity (Wildman–Crippen MR) is 143 cm³/mol. The van der Waals surface area contributed by atoms with E-state index in [1.165, 1.54) is 43.8 Å². The number of hydrogen-bond donors (Lipinski definition) is 0. The van der Waals surface area contributed by atoms with Gasteiger partial charge in [-0.25, -0.2) is 0 Å². The van der Waals surface area contributed by atoms with E-state index >= 15 is 0 Å². The molecule has 1 aliphatic rings. The number of rotatable bonds is 6. The van der Waals surface area contributed by atoms with Crippen molar-refractivity contribution in [1.82, 2.24) is 0 Å². The van der Waals surface area contributed by atoms with Gasteiger partial charge >= 0.3 is 0 Å². The maximum absolute atomic E-state index is 4.36. The molecule has 168 valence electrons. The second-order valence-electron chi connectivity index (χ2n) is 11.5. The van der Waals surface area contributed by atoms with E-state index in [2.05, 4.69) is 110 Å². The molecule has 0 heteroatoms. The molecule has 3 aromatic rings. The highest BCUT2D eigenvalue weighted by molar-refractivity contribution is 6.11. The molecular weight excluding hydrogens is 384 g/mol. The van der Waals surface area contributed by atoms with Crippen LogP contribution in [0, 0.1) is 23.2 Å². The molecule has 0 bridgehead atoms. The quantitative estimate of drug-likeness (QED) is 0.273.